The molecule has 0 aliphatic carbocycles. The van der Waals surface area contributed by atoms with Crippen LogP contribution in [0.5, 0.6) is 0 Å². The van der Waals surface area contributed by atoms with Gasteiger partial charge in [0, 0.05) is 28.8 Å². The summed E-state index contributed by atoms with van der Waals surface area (Å²) in [6.07, 6.45) is 1.61. The lowest BCUT2D eigenvalue weighted by atomic mass is 10.2. The van der Waals surface area contributed by atoms with Crippen LogP contribution in [0.1, 0.15) is 6.92 Å². The Hall–Kier alpha value is -2.19. The van der Waals surface area contributed by atoms with Crippen LogP contribution in [0.4, 0.5) is 5.69 Å². The Kier molecular flexibility index (Phi) is 4.73. The molecule has 0 atom stereocenters. The minimum Gasteiger partial charge on any atom is -0.411 e. The summed E-state index contributed by atoms with van der Waals surface area (Å²) in [5.41, 5.74) is 1.50. The van der Waals surface area contributed by atoms with Crippen molar-refractivity contribution in [3.05, 3.63) is 47.1 Å². The van der Waals surface area contributed by atoms with Crippen molar-refractivity contribution in [3.63, 3.8) is 0 Å². The van der Waals surface area contributed by atoms with Gasteiger partial charge in [-0.05, 0) is 42.1 Å². The highest BCUT2D eigenvalue weighted by Crippen LogP contribution is 2.29. The lowest BCUT2D eigenvalue weighted by molar-refractivity contribution is -0.114. The number of pyridine rings is 1. The van der Waals surface area contributed by atoms with Gasteiger partial charge in [0.25, 0.3) is 5.22 Å². The van der Waals surface area contributed by atoms with Gasteiger partial charge >= 0.3 is 0 Å². The van der Waals surface area contributed by atoms with E-state index in [0.717, 1.165) is 10.0 Å². The van der Waals surface area contributed by atoms with Crippen LogP contribution in [0, 0.1) is 0 Å². The van der Waals surface area contributed by atoms with E-state index in [9.17, 15) is 4.79 Å². The van der Waals surface area contributed by atoms with Gasteiger partial charge in [-0.2, -0.15) is 0 Å². The second-order valence-corrected chi connectivity index (χ2v) is 6.44. The predicted molar refractivity (Wildman–Crippen MR) is 90.1 cm³/mol. The van der Waals surface area contributed by atoms with Crippen LogP contribution in [0.25, 0.3) is 11.5 Å². The van der Waals surface area contributed by atoms with Crippen LogP contribution in [0.2, 0.25) is 0 Å². The van der Waals surface area contributed by atoms with E-state index in [2.05, 4.69) is 36.4 Å². The van der Waals surface area contributed by atoms with Gasteiger partial charge in [0.15, 0.2) is 0 Å². The fourth-order valence-corrected chi connectivity index (χ4v) is 2.90. The second-order valence-electron chi connectivity index (χ2n) is 4.55. The average molecular weight is 391 g/mol. The summed E-state index contributed by atoms with van der Waals surface area (Å²) in [6.45, 7) is 1.45. The van der Waals surface area contributed by atoms with Crippen molar-refractivity contribution in [2.75, 3.05) is 5.32 Å². The Morgan fingerprint density at radius 3 is 2.91 bits per heavy atom. The fourth-order valence-electron chi connectivity index (χ4n) is 1.82. The van der Waals surface area contributed by atoms with Gasteiger partial charge in [-0.15, -0.1) is 10.2 Å². The highest BCUT2D eigenvalue weighted by Gasteiger charge is 2.11. The zero-order chi connectivity index (χ0) is 16.2. The van der Waals surface area contributed by atoms with Crippen LogP contribution in [0.3, 0.4) is 0 Å². The fraction of sp³-hybridized carbons (Fsp3) is 0.0667. The van der Waals surface area contributed by atoms with E-state index in [1.165, 1.54) is 18.7 Å². The first kappa shape index (κ1) is 15.7. The largest absolute Gasteiger partial charge is 0.411 e. The van der Waals surface area contributed by atoms with Gasteiger partial charge in [0.05, 0.1) is 0 Å². The van der Waals surface area contributed by atoms with E-state index in [4.69, 9.17) is 4.42 Å². The molecule has 3 aromatic rings. The molecule has 1 N–H and O–H groups in total. The highest BCUT2D eigenvalue weighted by atomic mass is 79.9. The summed E-state index contributed by atoms with van der Waals surface area (Å²) in [7, 11) is 0. The summed E-state index contributed by atoms with van der Waals surface area (Å²) in [4.78, 5) is 15.3. The quantitative estimate of drug-likeness (QED) is 0.724. The molecular weight excluding hydrogens is 380 g/mol. The molecule has 3 rings (SSSR count). The Balaban J connectivity index is 1.78. The van der Waals surface area contributed by atoms with Crippen molar-refractivity contribution >= 4 is 39.3 Å². The molecule has 0 aliphatic rings. The summed E-state index contributed by atoms with van der Waals surface area (Å²) >= 11 is 4.64. The van der Waals surface area contributed by atoms with Gasteiger partial charge in [-0.1, -0.05) is 22.0 Å². The summed E-state index contributed by atoms with van der Waals surface area (Å²) in [6, 6.07) is 11.1. The molecule has 0 saturated heterocycles. The van der Waals surface area contributed by atoms with Crippen molar-refractivity contribution in [1.29, 1.82) is 0 Å². The third-order valence-electron chi connectivity index (χ3n) is 2.73. The van der Waals surface area contributed by atoms with Crippen LogP contribution >= 0.6 is 27.7 Å². The number of rotatable bonds is 4. The van der Waals surface area contributed by atoms with Crippen LogP contribution in [0.15, 0.2) is 61.7 Å². The molecule has 8 heteroatoms. The minimum absolute atomic E-state index is 0.137. The van der Waals surface area contributed by atoms with E-state index in [-0.39, 0.29) is 5.91 Å². The summed E-state index contributed by atoms with van der Waals surface area (Å²) in [5, 5.41) is 11.8. The Morgan fingerprint density at radius 1 is 1.26 bits per heavy atom. The number of carbonyl (C=O) groups excluding carboxylic acids is 1. The number of aromatic nitrogens is 3. The number of hydrogen-bond donors (Lipinski definition) is 1. The number of carbonyl (C=O) groups is 1. The highest BCUT2D eigenvalue weighted by molar-refractivity contribution is 9.10. The number of benzene rings is 1. The maximum absolute atomic E-state index is 11.1. The van der Waals surface area contributed by atoms with Crippen molar-refractivity contribution in [3.8, 4) is 11.5 Å². The van der Waals surface area contributed by atoms with Gasteiger partial charge in [0.2, 0.25) is 11.8 Å². The Morgan fingerprint density at radius 2 is 2.13 bits per heavy atom. The van der Waals surface area contributed by atoms with E-state index in [1.807, 2.05) is 24.3 Å². The van der Waals surface area contributed by atoms with Crippen molar-refractivity contribution < 1.29 is 9.21 Å². The van der Waals surface area contributed by atoms with Crippen molar-refractivity contribution in [2.24, 2.45) is 0 Å². The monoisotopic (exact) mass is 390 g/mol. The van der Waals surface area contributed by atoms with Crippen LogP contribution < -0.4 is 5.32 Å². The molecule has 2 aromatic heterocycles. The third kappa shape index (κ3) is 4.17. The first-order valence-corrected chi connectivity index (χ1v) is 8.22. The minimum atomic E-state index is -0.137. The number of hydrogen-bond acceptors (Lipinski definition) is 6. The third-order valence-corrected chi connectivity index (χ3v) is 3.99. The molecule has 0 radical (unpaired) electrons. The molecule has 2 heterocycles. The van der Waals surface area contributed by atoms with Gasteiger partial charge in [0.1, 0.15) is 5.03 Å². The molecule has 0 unspecified atom stereocenters. The van der Waals surface area contributed by atoms with E-state index < -0.39 is 0 Å². The van der Waals surface area contributed by atoms with Gasteiger partial charge < -0.3 is 9.73 Å². The SMILES string of the molecule is CC(=O)Nc1ccnc(Sc2nnc(-c3cccc(Br)c3)o2)c1. The molecule has 0 spiro atoms. The molecule has 6 nitrogen and oxygen atoms in total. The lowest BCUT2D eigenvalue weighted by Gasteiger charge is -2.02. The number of halogens is 1. The summed E-state index contributed by atoms with van der Waals surface area (Å²) < 4.78 is 6.58. The molecule has 116 valence electrons. The number of anilines is 1. The molecule has 0 fully saturated rings. The van der Waals surface area contributed by atoms with E-state index in [0.29, 0.717) is 21.8 Å². The lowest BCUT2D eigenvalue weighted by Crippen LogP contribution is -2.05. The normalized spacial score (nSPS) is 10.5. The van der Waals surface area contributed by atoms with Gasteiger partial charge in [-0.25, -0.2) is 4.98 Å². The Bertz CT molecular complexity index is 853. The predicted octanol–water partition coefficient (Wildman–Crippen LogP) is 4.00. The van der Waals surface area contributed by atoms with Gasteiger partial charge in [-0.3, -0.25) is 4.79 Å². The molecule has 1 aromatic carbocycles. The zero-order valence-electron chi connectivity index (χ0n) is 12.0. The van der Waals surface area contributed by atoms with E-state index >= 15 is 0 Å². The maximum Gasteiger partial charge on any atom is 0.283 e. The van der Waals surface area contributed by atoms with Crippen LogP contribution in [-0.4, -0.2) is 21.1 Å². The van der Waals surface area contributed by atoms with E-state index in [1.54, 1.807) is 18.3 Å². The van der Waals surface area contributed by atoms with Crippen molar-refractivity contribution in [2.45, 2.75) is 17.2 Å². The topological polar surface area (TPSA) is 80.9 Å². The second kappa shape index (κ2) is 6.93. The van der Waals surface area contributed by atoms with Crippen molar-refractivity contribution in [1.82, 2.24) is 15.2 Å². The average Bonchev–Trinajstić information content (AvgIpc) is 2.95. The number of amides is 1. The first-order valence-electron chi connectivity index (χ1n) is 6.61. The number of nitrogens with zero attached hydrogens (tertiary/aromatic N) is 3. The maximum atomic E-state index is 11.1. The molecule has 0 bridgehead atoms. The standard InChI is InChI=1S/C15H11BrN4O2S/c1-9(21)18-12-5-6-17-13(8-12)23-15-20-19-14(22-15)10-3-2-4-11(16)7-10/h2-8H,1H3,(H,17,18,21). The molecule has 23 heavy (non-hydrogen) atoms. The Labute approximate surface area is 144 Å². The zero-order valence-corrected chi connectivity index (χ0v) is 14.4. The smallest absolute Gasteiger partial charge is 0.283 e. The van der Waals surface area contributed by atoms with Crippen LogP contribution in [-0.2, 0) is 4.79 Å². The number of nitrogens with one attached hydrogen (secondary N) is 1. The molecular formula is C15H11BrN4O2S. The first-order chi connectivity index (χ1) is 11.1. The molecule has 1 amide bonds. The summed E-state index contributed by atoms with van der Waals surface area (Å²) in [5.74, 6) is 0.300. The molecule has 0 saturated carbocycles. The molecule has 0 aliphatic heterocycles.